The summed E-state index contributed by atoms with van der Waals surface area (Å²) in [7, 11) is 0. The normalized spacial score (nSPS) is 12.4. The van der Waals surface area contributed by atoms with Gasteiger partial charge in [-0.3, -0.25) is 0 Å². The van der Waals surface area contributed by atoms with Crippen LogP contribution in [0, 0.1) is 17.3 Å². The Morgan fingerprint density at radius 1 is 1.16 bits per heavy atom. The summed E-state index contributed by atoms with van der Waals surface area (Å²) in [6.07, 6.45) is 0. The lowest BCUT2D eigenvalue weighted by molar-refractivity contribution is 0.267. The van der Waals surface area contributed by atoms with Crippen LogP contribution < -0.4 is 10.6 Å². The van der Waals surface area contributed by atoms with Crippen molar-refractivity contribution in [2.24, 2.45) is 17.3 Å². The molecule has 0 aliphatic heterocycles. The number of hydrogen-bond acceptors (Lipinski definition) is 5. The highest BCUT2D eigenvalue weighted by atomic mass is 16.4. The second kappa shape index (κ2) is 6.89. The molecular formula is C14H28N4O. The maximum absolute atomic E-state index is 5.54. The molecule has 1 aromatic rings. The zero-order valence-electron chi connectivity index (χ0n) is 13.1. The molecule has 0 aromatic carbocycles. The molecule has 0 unspecified atom stereocenters. The molecule has 1 rings (SSSR count). The molecular weight excluding hydrogens is 240 g/mol. The Bertz CT molecular complexity index is 371. The average Bonchev–Trinajstić information content (AvgIpc) is 2.74. The number of aromatic nitrogens is 2. The number of nitrogens with zero attached hydrogens (tertiary/aromatic N) is 2. The average molecular weight is 268 g/mol. The van der Waals surface area contributed by atoms with Gasteiger partial charge in [-0.1, -0.05) is 46.6 Å². The molecule has 19 heavy (non-hydrogen) atoms. The van der Waals surface area contributed by atoms with Crippen LogP contribution in [0.25, 0.3) is 0 Å². The van der Waals surface area contributed by atoms with Crippen LogP contribution in [0.4, 0.5) is 6.01 Å². The monoisotopic (exact) mass is 268 g/mol. The molecule has 0 fully saturated rings. The van der Waals surface area contributed by atoms with Gasteiger partial charge in [0.1, 0.15) is 0 Å². The lowest BCUT2D eigenvalue weighted by Gasteiger charge is -2.28. The molecule has 0 aliphatic rings. The van der Waals surface area contributed by atoms with E-state index in [0.717, 1.165) is 13.1 Å². The van der Waals surface area contributed by atoms with E-state index in [4.69, 9.17) is 4.42 Å². The maximum atomic E-state index is 5.54. The third-order valence-corrected chi connectivity index (χ3v) is 3.55. The summed E-state index contributed by atoms with van der Waals surface area (Å²) >= 11 is 0. The minimum atomic E-state index is 0.199. The topological polar surface area (TPSA) is 63.0 Å². The first kappa shape index (κ1) is 16.0. The SMILES string of the molecule is CC(C)CNCc1nnc(NCC(C)(C)C(C)C)o1. The van der Waals surface area contributed by atoms with Crippen LogP contribution in [-0.2, 0) is 6.54 Å². The van der Waals surface area contributed by atoms with Gasteiger partial charge in [-0.15, -0.1) is 5.10 Å². The van der Waals surface area contributed by atoms with Gasteiger partial charge in [0.25, 0.3) is 0 Å². The van der Waals surface area contributed by atoms with E-state index in [1.54, 1.807) is 0 Å². The van der Waals surface area contributed by atoms with Gasteiger partial charge < -0.3 is 15.1 Å². The van der Waals surface area contributed by atoms with Crippen molar-refractivity contribution in [1.82, 2.24) is 15.5 Å². The molecule has 0 amide bonds. The summed E-state index contributed by atoms with van der Waals surface area (Å²) in [4.78, 5) is 0. The van der Waals surface area contributed by atoms with Crippen molar-refractivity contribution in [1.29, 1.82) is 0 Å². The van der Waals surface area contributed by atoms with Crippen molar-refractivity contribution >= 4 is 6.01 Å². The highest BCUT2D eigenvalue weighted by molar-refractivity contribution is 5.17. The van der Waals surface area contributed by atoms with Crippen LogP contribution in [0.5, 0.6) is 0 Å². The number of rotatable bonds is 8. The molecule has 5 nitrogen and oxygen atoms in total. The Balaban J connectivity index is 2.38. The molecule has 0 saturated heterocycles. The minimum Gasteiger partial charge on any atom is -0.407 e. The van der Waals surface area contributed by atoms with Crippen LogP contribution in [0.15, 0.2) is 4.42 Å². The highest BCUT2D eigenvalue weighted by Gasteiger charge is 2.22. The van der Waals surface area contributed by atoms with E-state index in [0.29, 0.717) is 30.3 Å². The van der Waals surface area contributed by atoms with Gasteiger partial charge in [0.05, 0.1) is 6.54 Å². The van der Waals surface area contributed by atoms with Gasteiger partial charge in [-0.25, -0.2) is 0 Å². The number of hydrogen-bond donors (Lipinski definition) is 2. The standard InChI is InChI=1S/C14H28N4O/c1-10(2)7-15-8-12-17-18-13(19-12)16-9-14(5,6)11(3)4/h10-11,15H,7-9H2,1-6H3,(H,16,18). The molecule has 5 heteroatoms. The minimum absolute atomic E-state index is 0.199. The summed E-state index contributed by atoms with van der Waals surface area (Å²) in [6, 6.07) is 0.509. The Morgan fingerprint density at radius 3 is 2.42 bits per heavy atom. The summed E-state index contributed by atoms with van der Waals surface area (Å²) in [5, 5.41) is 14.5. The molecule has 110 valence electrons. The molecule has 0 bridgehead atoms. The molecule has 1 aromatic heterocycles. The maximum Gasteiger partial charge on any atom is 0.315 e. The van der Waals surface area contributed by atoms with Gasteiger partial charge in [0, 0.05) is 6.54 Å². The third-order valence-electron chi connectivity index (χ3n) is 3.55. The van der Waals surface area contributed by atoms with E-state index in [9.17, 15) is 0 Å². The van der Waals surface area contributed by atoms with E-state index in [2.05, 4.69) is 62.4 Å². The number of nitrogens with one attached hydrogen (secondary N) is 2. The largest absolute Gasteiger partial charge is 0.407 e. The summed E-state index contributed by atoms with van der Waals surface area (Å²) in [5.74, 6) is 1.84. The molecule has 0 radical (unpaired) electrons. The van der Waals surface area contributed by atoms with Crippen LogP contribution in [0.3, 0.4) is 0 Å². The van der Waals surface area contributed by atoms with Crippen LogP contribution in [-0.4, -0.2) is 23.3 Å². The predicted octanol–water partition coefficient (Wildman–Crippen LogP) is 2.91. The van der Waals surface area contributed by atoms with Crippen LogP contribution >= 0.6 is 0 Å². The van der Waals surface area contributed by atoms with Gasteiger partial charge >= 0.3 is 6.01 Å². The van der Waals surface area contributed by atoms with Crippen molar-refractivity contribution in [3.63, 3.8) is 0 Å². The second-order valence-electron chi connectivity index (χ2n) is 6.52. The molecule has 0 spiro atoms. The number of anilines is 1. The van der Waals surface area contributed by atoms with E-state index >= 15 is 0 Å². The zero-order chi connectivity index (χ0) is 14.5. The molecule has 0 aliphatic carbocycles. The fraction of sp³-hybridized carbons (Fsp3) is 0.857. The summed E-state index contributed by atoms with van der Waals surface area (Å²) in [6.45, 7) is 15.6. The van der Waals surface area contributed by atoms with E-state index in [1.165, 1.54) is 0 Å². The molecule has 1 heterocycles. The first-order chi connectivity index (χ1) is 8.81. The van der Waals surface area contributed by atoms with E-state index in [1.807, 2.05) is 0 Å². The molecule has 0 atom stereocenters. The molecule has 2 N–H and O–H groups in total. The van der Waals surface area contributed by atoms with Crippen LogP contribution in [0.1, 0.15) is 47.4 Å². The second-order valence-corrected chi connectivity index (χ2v) is 6.52. The highest BCUT2D eigenvalue weighted by Crippen LogP contribution is 2.26. The van der Waals surface area contributed by atoms with E-state index in [-0.39, 0.29) is 5.41 Å². The van der Waals surface area contributed by atoms with Gasteiger partial charge in [0.15, 0.2) is 0 Å². The van der Waals surface area contributed by atoms with Crippen molar-refractivity contribution in [3.05, 3.63) is 5.89 Å². The Kier molecular flexibility index (Phi) is 5.79. The lowest BCUT2D eigenvalue weighted by atomic mass is 9.81. The third kappa shape index (κ3) is 5.59. The van der Waals surface area contributed by atoms with Gasteiger partial charge in [0.2, 0.25) is 5.89 Å². The van der Waals surface area contributed by atoms with Crippen molar-refractivity contribution in [2.45, 2.75) is 48.1 Å². The predicted molar refractivity (Wildman–Crippen MR) is 78.0 cm³/mol. The lowest BCUT2D eigenvalue weighted by Crippen LogP contribution is -2.28. The zero-order valence-corrected chi connectivity index (χ0v) is 13.1. The van der Waals surface area contributed by atoms with Crippen LogP contribution in [0.2, 0.25) is 0 Å². The summed E-state index contributed by atoms with van der Waals surface area (Å²) < 4.78 is 5.54. The quantitative estimate of drug-likeness (QED) is 0.759. The Labute approximate surface area is 116 Å². The van der Waals surface area contributed by atoms with Crippen molar-refractivity contribution in [3.8, 4) is 0 Å². The first-order valence-corrected chi connectivity index (χ1v) is 7.08. The van der Waals surface area contributed by atoms with Crippen molar-refractivity contribution in [2.75, 3.05) is 18.4 Å². The first-order valence-electron chi connectivity index (χ1n) is 7.08. The summed E-state index contributed by atoms with van der Waals surface area (Å²) in [5.41, 5.74) is 0.199. The van der Waals surface area contributed by atoms with E-state index < -0.39 is 0 Å². The molecule has 0 saturated carbocycles. The van der Waals surface area contributed by atoms with Gasteiger partial charge in [-0.2, -0.15) is 0 Å². The van der Waals surface area contributed by atoms with Crippen molar-refractivity contribution < 1.29 is 4.42 Å². The van der Waals surface area contributed by atoms with Gasteiger partial charge in [-0.05, 0) is 23.8 Å². The smallest absolute Gasteiger partial charge is 0.315 e. The fourth-order valence-electron chi connectivity index (χ4n) is 1.37. The fourth-order valence-corrected chi connectivity index (χ4v) is 1.37. The Morgan fingerprint density at radius 2 is 1.84 bits per heavy atom. The Hall–Kier alpha value is -1.10.